The average molecular weight is 433 g/mol. The van der Waals surface area contributed by atoms with Gasteiger partial charge in [-0.05, 0) is 55.8 Å². The largest absolute Gasteiger partial charge is 0.497 e. The van der Waals surface area contributed by atoms with Gasteiger partial charge in [0.05, 0.1) is 26.8 Å². The SMILES string of the molecule is COc1ccc(CN2C(=O)C(C)NC(C)c3cccc(c3)Oc3cccc2c3)c(OC)c1. The minimum Gasteiger partial charge on any atom is -0.497 e. The van der Waals surface area contributed by atoms with Gasteiger partial charge in [-0.15, -0.1) is 0 Å². The summed E-state index contributed by atoms with van der Waals surface area (Å²) >= 11 is 0. The summed E-state index contributed by atoms with van der Waals surface area (Å²) in [4.78, 5) is 15.4. The number of carbonyl (C=O) groups is 1. The predicted molar refractivity (Wildman–Crippen MR) is 125 cm³/mol. The third-order valence-corrected chi connectivity index (χ3v) is 5.68. The average Bonchev–Trinajstić information content (AvgIpc) is 2.81. The molecule has 32 heavy (non-hydrogen) atoms. The Balaban J connectivity index is 1.76. The minimum atomic E-state index is -0.401. The number of nitrogens with one attached hydrogen (secondary N) is 1. The lowest BCUT2D eigenvalue weighted by molar-refractivity contribution is -0.120. The van der Waals surface area contributed by atoms with Gasteiger partial charge >= 0.3 is 0 Å². The van der Waals surface area contributed by atoms with Crippen LogP contribution < -0.4 is 24.4 Å². The van der Waals surface area contributed by atoms with E-state index in [1.54, 1.807) is 19.1 Å². The molecule has 4 rings (SSSR count). The summed E-state index contributed by atoms with van der Waals surface area (Å²) in [5.41, 5.74) is 2.69. The van der Waals surface area contributed by atoms with Gasteiger partial charge in [-0.1, -0.05) is 18.2 Å². The lowest BCUT2D eigenvalue weighted by Crippen LogP contribution is -2.45. The van der Waals surface area contributed by atoms with Crippen LogP contribution in [0.15, 0.2) is 66.7 Å². The molecule has 3 aromatic rings. The zero-order chi connectivity index (χ0) is 22.7. The Hall–Kier alpha value is -3.51. The highest BCUT2D eigenvalue weighted by Crippen LogP contribution is 2.32. The number of nitrogens with zero attached hydrogens (tertiary/aromatic N) is 1. The van der Waals surface area contributed by atoms with Crippen LogP contribution in [0.1, 0.15) is 31.0 Å². The topological polar surface area (TPSA) is 60.0 Å². The highest BCUT2D eigenvalue weighted by molar-refractivity contribution is 5.97. The lowest BCUT2D eigenvalue weighted by Gasteiger charge is -2.29. The van der Waals surface area contributed by atoms with Crippen LogP contribution in [-0.2, 0) is 11.3 Å². The molecule has 0 aromatic heterocycles. The van der Waals surface area contributed by atoms with Crippen molar-refractivity contribution < 1.29 is 19.0 Å². The van der Waals surface area contributed by atoms with E-state index in [4.69, 9.17) is 14.2 Å². The Morgan fingerprint density at radius 2 is 1.66 bits per heavy atom. The van der Waals surface area contributed by atoms with Gasteiger partial charge in [0.15, 0.2) is 0 Å². The molecule has 1 aliphatic rings. The molecule has 0 saturated heterocycles. The van der Waals surface area contributed by atoms with Crippen LogP contribution in [0, 0.1) is 0 Å². The Kier molecular flexibility index (Phi) is 6.32. The molecule has 2 atom stereocenters. The van der Waals surface area contributed by atoms with Gasteiger partial charge in [0.2, 0.25) is 5.91 Å². The van der Waals surface area contributed by atoms with Gasteiger partial charge in [-0.3, -0.25) is 10.1 Å². The molecule has 4 bridgehead atoms. The number of carbonyl (C=O) groups excluding carboxylic acids is 1. The van der Waals surface area contributed by atoms with E-state index in [1.807, 2.05) is 80.6 Å². The van der Waals surface area contributed by atoms with Gasteiger partial charge in [-0.2, -0.15) is 0 Å². The number of benzene rings is 3. The van der Waals surface area contributed by atoms with Crippen LogP contribution >= 0.6 is 0 Å². The maximum absolute atomic E-state index is 13.6. The molecule has 6 nitrogen and oxygen atoms in total. The van der Waals surface area contributed by atoms with Crippen molar-refractivity contribution in [3.63, 3.8) is 0 Å². The molecule has 6 heteroatoms. The Labute approximate surface area is 188 Å². The molecule has 2 unspecified atom stereocenters. The maximum Gasteiger partial charge on any atom is 0.244 e. The van der Waals surface area contributed by atoms with Crippen LogP contribution in [0.5, 0.6) is 23.0 Å². The number of rotatable bonds is 4. The maximum atomic E-state index is 13.6. The third-order valence-electron chi connectivity index (χ3n) is 5.68. The van der Waals surface area contributed by atoms with E-state index < -0.39 is 6.04 Å². The number of hydrogen-bond acceptors (Lipinski definition) is 5. The summed E-state index contributed by atoms with van der Waals surface area (Å²) in [6, 6.07) is 20.7. The highest BCUT2D eigenvalue weighted by atomic mass is 16.5. The second-order valence-corrected chi connectivity index (χ2v) is 7.88. The second-order valence-electron chi connectivity index (χ2n) is 7.88. The lowest BCUT2D eigenvalue weighted by atomic mass is 10.1. The molecule has 0 spiro atoms. The monoisotopic (exact) mass is 432 g/mol. The molecule has 1 N–H and O–H groups in total. The van der Waals surface area contributed by atoms with Crippen molar-refractivity contribution in [2.75, 3.05) is 19.1 Å². The van der Waals surface area contributed by atoms with Crippen LogP contribution in [-0.4, -0.2) is 26.2 Å². The van der Waals surface area contributed by atoms with Crippen molar-refractivity contribution in [3.05, 3.63) is 77.9 Å². The van der Waals surface area contributed by atoms with Gasteiger partial charge in [0.25, 0.3) is 0 Å². The number of anilines is 1. The first-order valence-corrected chi connectivity index (χ1v) is 10.6. The van der Waals surface area contributed by atoms with Gasteiger partial charge in [-0.25, -0.2) is 0 Å². The van der Waals surface area contributed by atoms with Crippen molar-refractivity contribution >= 4 is 11.6 Å². The van der Waals surface area contributed by atoms with Crippen LogP contribution in [0.3, 0.4) is 0 Å². The molecule has 0 aliphatic carbocycles. The first-order valence-electron chi connectivity index (χ1n) is 10.6. The van der Waals surface area contributed by atoms with Crippen molar-refractivity contribution in [3.8, 4) is 23.0 Å². The molecule has 166 valence electrons. The molecule has 0 radical (unpaired) electrons. The third kappa shape index (κ3) is 4.55. The van der Waals surface area contributed by atoms with Crippen molar-refractivity contribution in [1.29, 1.82) is 0 Å². The normalized spacial score (nSPS) is 18.2. The molecular formula is C26H28N2O4. The van der Waals surface area contributed by atoms with E-state index in [0.29, 0.717) is 23.8 Å². The highest BCUT2D eigenvalue weighted by Gasteiger charge is 2.26. The standard InChI is InChI=1S/C26H28N2O4/c1-17-19-7-5-9-23(13-19)32-24-10-6-8-21(14-24)28(26(29)18(2)27-17)16-20-11-12-22(30-3)15-25(20)31-4/h5-15,17-18,27H,16H2,1-4H3. The number of fused-ring (bicyclic) bond motifs is 4. The fourth-order valence-corrected chi connectivity index (χ4v) is 3.92. The summed E-state index contributed by atoms with van der Waals surface area (Å²) in [7, 11) is 3.23. The smallest absolute Gasteiger partial charge is 0.244 e. The summed E-state index contributed by atoms with van der Waals surface area (Å²) in [5.74, 6) is 2.76. The van der Waals surface area contributed by atoms with Crippen LogP contribution in [0.4, 0.5) is 5.69 Å². The number of ether oxygens (including phenoxy) is 3. The fraction of sp³-hybridized carbons (Fsp3) is 0.269. The summed E-state index contributed by atoms with van der Waals surface area (Å²) in [6.07, 6.45) is 0. The Bertz CT molecular complexity index is 1110. The van der Waals surface area contributed by atoms with Gasteiger partial charge in [0.1, 0.15) is 23.0 Å². The van der Waals surface area contributed by atoms with Crippen molar-refractivity contribution in [1.82, 2.24) is 5.32 Å². The summed E-state index contributed by atoms with van der Waals surface area (Å²) in [6.45, 7) is 4.29. The van der Waals surface area contributed by atoms with E-state index in [0.717, 1.165) is 22.6 Å². The van der Waals surface area contributed by atoms with E-state index in [2.05, 4.69) is 5.32 Å². The van der Waals surface area contributed by atoms with E-state index in [1.165, 1.54) is 0 Å². The zero-order valence-electron chi connectivity index (χ0n) is 18.8. The van der Waals surface area contributed by atoms with Gasteiger partial charge in [0, 0.05) is 29.4 Å². The second kappa shape index (κ2) is 9.32. The minimum absolute atomic E-state index is 0.0207. The number of amides is 1. The molecule has 3 aromatic carbocycles. The van der Waals surface area contributed by atoms with Crippen LogP contribution in [0.2, 0.25) is 0 Å². The molecular weight excluding hydrogens is 404 g/mol. The van der Waals surface area contributed by atoms with Crippen LogP contribution in [0.25, 0.3) is 0 Å². The Morgan fingerprint density at radius 1 is 0.906 bits per heavy atom. The number of methoxy groups -OCH3 is 2. The summed E-state index contributed by atoms with van der Waals surface area (Å²) in [5, 5.41) is 3.43. The summed E-state index contributed by atoms with van der Waals surface area (Å²) < 4.78 is 17.0. The molecule has 1 amide bonds. The van der Waals surface area contributed by atoms with Gasteiger partial charge < -0.3 is 19.1 Å². The molecule has 0 saturated carbocycles. The fourth-order valence-electron chi connectivity index (χ4n) is 3.92. The zero-order valence-corrected chi connectivity index (χ0v) is 18.8. The quantitative estimate of drug-likeness (QED) is 0.623. The van der Waals surface area contributed by atoms with E-state index in [9.17, 15) is 4.79 Å². The molecule has 1 heterocycles. The molecule has 0 fully saturated rings. The van der Waals surface area contributed by atoms with Crippen molar-refractivity contribution in [2.45, 2.75) is 32.5 Å². The van der Waals surface area contributed by atoms with E-state index >= 15 is 0 Å². The predicted octanol–water partition coefficient (Wildman–Crippen LogP) is 5.08. The first kappa shape index (κ1) is 21.7. The molecule has 1 aliphatic heterocycles. The number of hydrogen-bond donors (Lipinski definition) is 1. The first-order chi connectivity index (χ1) is 15.5. The van der Waals surface area contributed by atoms with Crippen molar-refractivity contribution in [2.24, 2.45) is 0 Å². The van der Waals surface area contributed by atoms with E-state index in [-0.39, 0.29) is 11.9 Å². The Morgan fingerprint density at radius 3 is 2.41 bits per heavy atom.